The number of hydrogen-bond acceptors (Lipinski definition) is 6. The van der Waals surface area contributed by atoms with Crippen LogP contribution in [-0.2, 0) is 17.6 Å². The number of esters is 1. The van der Waals surface area contributed by atoms with Crippen LogP contribution in [0.4, 0.5) is 10.7 Å². The fourth-order valence-electron chi connectivity index (χ4n) is 3.97. The molecule has 1 unspecified atom stereocenters. The zero-order chi connectivity index (χ0) is 22.8. The summed E-state index contributed by atoms with van der Waals surface area (Å²) in [4.78, 5) is 36.9. The number of thiophene rings is 1. The number of nitro groups is 1. The highest BCUT2D eigenvalue weighted by Gasteiger charge is 2.31. The largest absolute Gasteiger partial charge is 0.465 e. The molecule has 1 aliphatic carbocycles. The van der Waals surface area contributed by atoms with Gasteiger partial charge in [-0.05, 0) is 48.4 Å². The zero-order valence-electron chi connectivity index (χ0n) is 17.1. The predicted molar refractivity (Wildman–Crippen MR) is 123 cm³/mol. The summed E-state index contributed by atoms with van der Waals surface area (Å²) in [6, 6.07) is 14.0. The smallest absolute Gasteiger partial charge is 0.341 e. The monoisotopic (exact) mass is 470 g/mol. The molecule has 1 aromatic heterocycles. The zero-order valence-corrected chi connectivity index (χ0v) is 18.7. The van der Waals surface area contributed by atoms with E-state index in [1.165, 1.54) is 36.1 Å². The Balaban J connectivity index is 1.65. The normalized spacial score (nSPS) is 15.0. The van der Waals surface area contributed by atoms with E-state index in [0.29, 0.717) is 22.9 Å². The number of nitrogens with one attached hydrogen (secondary N) is 1. The topological polar surface area (TPSA) is 98.5 Å². The lowest BCUT2D eigenvalue weighted by atomic mass is 9.83. The van der Waals surface area contributed by atoms with Gasteiger partial charge in [-0.2, -0.15) is 0 Å². The molecule has 7 nitrogen and oxygen atoms in total. The van der Waals surface area contributed by atoms with Crippen LogP contribution in [0.1, 0.15) is 49.1 Å². The highest BCUT2D eigenvalue weighted by atomic mass is 35.5. The molecule has 0 spiro atoms. The van der Waals surface area contributed by atoms with Crippen LogP contribution in [-0.4, -0.2) is 23.9 Å². The Morgan fingerprint density at radius 3 is 2.66 bits per heavy atom. The third kappa shape index (κ3) is 4.24. The third-order valence-corrected chi connectivity index (χ3v) is 7.05. The average Bonchev–Trinajstić information content (AvgIpc) is 3.16. The number of benzene rings is 2. The van der Waals surface area contributed by atoms with Crippen molar-refractivity contribution < 1.29 is 19.2 Å². The minimum Gasteiger partial charge on any atom is -0.465 e. The molecule has 3 aromatic rings. The molecule has 2 aromatic carbocycles. The number of carbonyl (C=O) groups is 2. The molecule has 1 atom stereocenters. The molecule has 1 heterocycles. The first-order valence-corrected chi connectivity index (χ1v) is 11.1. The van der Waals surface area contributed by atoms with Gasteiger partial charge in [0.05, 0.1) is 17.6 Å². The second-order valence-corrected chi connectivity index (χ2v) is 8.94. The second kappa shape index (κ2) is 9.10. The van der Waals surface area contributed by atoms with Gasteiger partial charge in [-0.1, -0.05) is 41.9 Å². The summed E-state index contributed by atoms with van der Waals surface area (Å²) < 4.78 is 4.98. The lowest BCUT2D eigenvalue weighted by molar-refractivity contribution is -0.384. The Morgan fingerprint density at radius 2 is 1.97 bits per heavy atom. The van der Waals surface area contributed by atoms with E-state index in [1.807, 2.05) is 18.2 Å². The Morgan fingerprint density at radius 1 is 1.22 bits per heavy atom. The predicted octanol–water partition coefficient (Wildman–Crippen LogP) is 5.62. The molecule has 0 aliphatic heterocycles. The molecule has 164 valence electrons. The summed E-state index contributed by atoms with van der Waals surface area (Å²) >= 11 is 7.19. The van der Waals surface area contributed by atoms with E-state index in [2.05, 4.69) is 17.4 Å². The highest BCUT2D eigenvalue weighted by Crippen LogP contribution is 2.43. The summed E-state index contributed by atoms with van der Waals surface area (Å²) in [6.45, 7) is 0. The Hall–Kier alpha value is -3.23. The fraction of sp³-hybridized carbons (Fsp3) is 0.217. The van der Waals surface area contributed by atoms with Gasteiger partial charge in [0.1, 0.15) is 10.0 Å². The van der Waals surface area contributed by atoms with E-state index in [4.69, 9.17) is 16.3 Å². The van der Waals surface area contributed by atoms with Gasteiger partial charge in [-0.25, -0.2) is 4.79 Å². The van der Waals surface area contributed by atoms with Gasteiger partial charge in [-0.15, -0.1) is 11.3 Å². The number of anilines is 1. The van der Waals surface area contributed by atoms with E-state index < -0.39 is 16.8 Å². The highest BCUT2D eigenvalue weighted by molar-refractivity contribution is 7.17. The van der Waals surface area contributed by atoms with Crippen molar-refractivity contribution in [2.45, 2.75) is 25.2 Å². The molecule has 9 heteroatoms. The minimum absolute atomic E-state index is 0.0552. The van der Waals surface area contributed by atoms with E-state index in [9.17, 15) is 19.7 Å². The Bertz CT molecular complexity index is 1210. The van der Waals surface area contributed by atoms with Crippen molar-refractivity contribution >= 4 is 45.5 Å². The van der Waals surface area contributed by atoms with Crippen LogP contribution in [0.2, 0.25) is 5.02 Å². The van der Waals surface area contributed by atoms with Crippen molar-refractivity contribution in [1.82, 2.24) is 0 Å². The lowest BCUT2D eigenvalue weighted by Gasteiger charge is -2.22. The summed E-state index contributed by atoms with van der Waals surface area (Å²) in [7, 11) is 1.30. The molecule has 4 rings (SSSR count). The average molecular weight is 471 g/mol. The molecule has 0 fully saturated rings. The van der Waals surface area contributed by atoms with Crippen LogP contribution >= 0.6 is 22.9 Å². The van der Waals surface area contributed by atoms with Crippen molar-refractivity contribution in [1.29, 1.82) is 0 Å². The molecule has 0 saturated heterocycles. The van der Waals surface area contributed by atoms with Gasteiger partial charge < -0.3 is 10.1 Å². The molecule has 0 saturated carbocycles. The number of fused-ring (bicyclic) bond motifs is 1. The molecule has 1 aliphatic rings. The van der Waals surface area contributed by atoms with Crippen molar-refractivity contribution in [3.63, 3.8) is 0 Å². The minimum atomic E-state index is -0.646. The third-order valence-electron chi connectivity index (χ3n) is 5.56. The molecule has 1 N–H and O–H groups in total. The summed E-state index contributed by atoms with van der Waals surface area (Å²) in [6.07, 6.45) is 2.34. The van der Waals surface area contributed by atoms with Crippen LogP contribution < -0.4 is 5.32 Å². The standard InChI is InChI=1S/C23H19ClN2O5S/c1-31-23(28)20-16-9-7-14(13-5-3-2-4-6-13)12-19(16)32-22(20)25-21(27)15-8-10-17(24)18(11-15)26(29)30/h2-6,8,10-11,14H,7,9,12H2,1H3,(H,25,27). The number of rotatable bonds is 5. The summed E-state index contributed by atoms with van der Waals surface area (Å²) in [5.41, 5.74) is 2.21. The second-order valence-electron chi connectivity index (χ2n) is 7.43. The molecule has 0 bridgehead atoms. The fourth-order valence-corrected chi connectivity index (χ4v) is 5.47. The van der Waals surface area contributed by atoms with Crippen LogP contribution in [0.25, 0.3) is 0 Å². The quantitative estimate of drug-likeness (QED) is 0.296. The SMILES string of the molecule is COC(=O)c1c(NC(=O)c2ccc(Cl)c([N+](=O)[O-])c2)sc2c1CCC(c1ccccc1)C2. The van der Waals surface area contributed by atoms with Gasteiger partial charge in [0, 0.05) is 16.5 Å². The molecular weight excluding hydrogens is 452 g/mol. The Kier molecular flexibility index (Phi) is 6.25. The maximum absolute atomic E-state index is 12.8. The van der Waals surface area contributed by atoms with Crippen LogP contribution in [0.5, 0.6) is 0 Å². The van der Waals surface area contributed by atoms with Gasteiger partial charge in [0.15, 0.2) is 0 Å². The number of halogens is 1. The van der Waals surface area contributed by atoms with Gasteiger partial charge in [0.2, 0.25) is 0 Å². The van der Waals surface area contributed by atoms with Gasteiger partial charge in [-0.3, -0.25) is 14.9 Å². The molecular formula is C23H19ClN2O5S. The first-order chi connectivity index (χ1) is 15.4. The maximum Gasteiger partial charge on any atom is 0.341 e. The number of ether oxygens (including phenoxy) is 1. The maximum atomic E-state index is 12.8. The van der Waals surface area contributed by atoms with Crippen LogP contribution in [0.15, 0.2) is 48.5 Å². The van der Waals surface area contributed by atoms with E-state index in [-0.39, 0.29) is 16.3 Å². The van der Waals surface area contributed by atoms with Crippen molar-refractivity contribution in [2.24, 2.45) is 0 Å². The van der Waals surface area contributed by atoms with Gasteiger partial charge >= 0.3 is 5.97 Å². The first kappa shape index (κ1) is 22.0. The number of amides is 1. The number of methoxy groups -OCH3 is 1. The van der Waals surface area contributed by atoms with E-state index >= 15 is 0 Å². The molecule has 32 heavy (non-hydrogen) atoms. The van der Waals surface area contributed by atoms with Crippen molar-refractivity contribution in [2.75, 3.05) is 12.4 Å². The van der Waals surface area contributed by atoms with Crippen molar-refractivity contribution in [3.8, 4) is 0 Å². The van der Waals surface area contributed by atoms with Crippen molar-refractivity contribution in [3.05, 3.63) is 90.8 Å². The summed E-state index contributed by atoms with van der Waals surface area (Å²) in [5.74, 6) is -0.749. The number of carbonyl (C=O) groups excluding carboxylic acids is 2. The summed E-state index contributed by atoms with van der Waals surface area (Å²) in [5, 5.41) is 14.2. The molecule has 0 radical (unpaired) electrons. The molecule has 1 amide bonds. The number of nitrogens with zero attached hydrogens (tertiary/aromatic N) is 1. The van der Waals surface area contributed by atoms with Crippen LogP contribution in [0, 0.1) is 10.1 Å². The van der Waals surface area contributed by atoms with Gasteiger partial charge in [0.25, 0.3) is 11.6 Å². The number of nitro benzene ring substituents is 1. The van der Waals surface area contributed by atoms with Crippen LogP contribution in [0.3, 0.4) is 0 Å². The Labute approximate surface area is 193 Å². The first-order valence-electron chi connectivity index (χ1n) is 9.92. The van der Waals surface area contributed by atoms with E-state index in [1.54, 1.807) is 0 Å². The lowest BCUT2D eigenvalue weighted by Crippen LogP contribution is -2.16. The number of hydrogen-bond donors (Lipinski definition) is 1. The van der Waals surface area contributed by atoms with E-state index in [0.717, 1.165) is 29.3 Å².